The third kappa shape index (κ3) is 3.40. The zero-order valence-electron chi connectivity index (χ0n) is 10.9. The lowest BCUT2D eigenvalue weighted by Gasteiger charge is -2.22. The summed E-state index contributed by atoms with van der Waals surface area (Å²) in [4.78, 5) is 14.4. The second-order valence-corrected chi connectivity index (χ2v) is 4.38. The summed E-state index contributed by atoms with van der Waals surface area (Å²) in [5.74, 6) is 0.852. The maximum Gasteiger partial charge on any atom is 0.290 e. The Balaban J connectivity index is 2.85. The molecule has 0 unspecified atom stereocenters. The molecule has 0 saturated heterocycles. The van der Waals surface area contributed by atoms with E-state index in [4.69, 9.17) is 0 Å². The van der Waals surface area contributed by atoms with Crippen LogP contribution in [0.25, 0.3) is 0 Å². The first-order chi connectivity index (χ1) is 8.49. The van der Waals surface area contributed by atoms with Crippen LogP contribution in [0.3, 0.4) is 0 Å². The third-order valence-corrected chi connectivity index (χ3v) is 3.12. The van der Waals surface area contributed by atoms with E-state index in [0.29, 0.717) is 17.4 Å². The van der Waals surface area contributed by atoms with Crippen LogP contribution in [0.4, 0.5) is 11.5 Å². The first kappa shape index (κ1) is 14.4. The Kier molecular flexibility index (Phi) is 5.03. The molecule has 1 aromatic rings. The van der Waals surface area contributed by atoms with Gasteiger partial charge in [0.25, 0.3) is 5.69 Å². The van der Waals surface area contributed by atoms with Crippen molar-refractivity contribution in [1.29, 1.82) is 0 Å². The largest absolute Gasteiger partial charge is 0.394 e. The van der Waals surface area contributed by atoms with Crippen molar-refractivity contribution in [2.24, 2.45) is 5.92 Å². The molecular weight excluding hydrogens is 234 g/mol. The van der Waals surface area contributed by atoms with E-state index in [0.717, 1.165) is 6.42 Å². The molecule has 0 aliphatic heterocycles. The SMILES string of the molecule is CC[C@@H](C)[C@H](CO)Nc1ccc([N+](=O)[O-])c(C)n1. The van der Waals surface area contributed by atoms with Crippen LogP contribution in [0, 0.1) is 23.0 Å². The molecule has 0 saturated carbocycles. The molecule has 2 N–H and O–H groups in total. The molecule has 2 atom stereocenters. The lowest BCUT2D eigenvalue weighted by atomic mass is 10.00. The Hall–Kier alpha value is -1.69. The van der Waals surface area contributed by atoms with Crippen LogP contribution in [0.1, 0.15) is 26.0 Å². The van der Waals surface area contributed by atoms with Gasteiger partial charge in [0.05, 0.1) is 17.6 Å². The van der Waals surface area contributed by atoms with Crippen molar-refractivity contribution in [2.45, 2.75) is 33.2 Å². The molecule has 0 aliphatic rings. The molecule has 1 rings (SSSR count). The van der Waals surface area contributed by atoms with Gasteiger partial charge < -0.3 is 10.4 Å². The molecule has 6 nitrogen and oxygen atoms in total. The van der Waals surface area contributed by atoms with Crippen LogP contribution < -0.4 is 5.32 Å². The normalized spacial score (nSPS) is 14.0. The average molecular weight is 253 g/mol. The maximum atomic E-state index is 10.7. The summed E-state index contributed by atoms with van der Waals surface area (Å²) in [5.41, 5.74) is 0.371. The summed E-state index contributed by atoms with van der Waals surface area (Å²) in [6, 6.07) is 2.90. The minimum atomic E-state index is -0.454. The number of nitrogens with zero attached hydrogens (tertiary/aromatic N) is 2. The third-order valence-electron chi connectivity index (χ3n) is 3.12. The van der Waals surface area contributed by atoms with Gasteiger partial charge in [0.15, 0.2) is 0 Å². The fourth-order valence-electron chi connectivity index (χ4n) is 1.67. The van der Waals surface area contributed by atoms with Crippen molar-refractivity contribution in [3.63, 3.8) is 0 Å². The first-order valence-electron chi connectivity index (χ1n) is 5.99. The number of aliphatic hydroxyl groups is 1. The van der Waals surface area contributed by atoms with Gasteiger partial charge in [0.1, 0.15) is 11.5 Å². The van der Waals surface area contributed by atoms with Crippen LogP contribution in [0.5, 0.6) is 0 Å². The predicted molar refractivity (Wildman–Crippen MR) is 69.6 cm³/mol. The summed E-state index contributed by atoms with van der Waals surface area (Å²) < 4.78 is 0. The number of pyridine rings is 1. The number of anilines is 1. The second-order valence-electron chi connectivity index (χ2n) is 4.38. The van der Waals surface area contributed by atoms with Crippen LogP contribution >= 0.6 is 0 Å². The quantitative estimate of drug-likeness (QED) is 0.598. The van der Waals surface area contributed by atoms with Gasteiger partial charge in [-0.15, -0.1) is 0 Å². The Morgan fingerprint density at radius 2 is 2.22 bits per heavy atom. The fraction of sp³-hybridized carbons (Fsp3) is 0.583. The van der Waals surface area contributed by atoms with Crippen LogP contribution in [-0.4, -0.2) is 27.7 Å². The van der Waals surface area contributed by atoms with Crippen molar-refractivity contribution in [2.75, 3.05) is 11.9 Å². The van der Waals surface area contributed by atoms with Crippen LogP contribution in [-0.2, 0) is 0 Å². The minimum Gasteiger partial charge on any atom is -0.394 e. The molecule has 0 radical (unpaired) electrons. The van der Waals surface area contributed by atoms with Gasteiger partial charge in [-0.05, 0) is 18.9 Å². The smallest absolute Gasteiger partial charge is 0.290 e. The van der Waals surface area contributed by atoms with Gasteiger partial charge in [0, 0.05) is 6.07 Å². The van der Waals surface area contributed by atoms with Crippen molar-refractivity contribution in [3.8, 4) is 0 Å². The molecule has 0 amide bonds. The van der Waals surface area contributed by atoms with Gasteiger partial charge in [0.2, 0.25) is 0 Å². The van der Waals surface area contributed by atoms with Crippen LogP contribution in [0.15, 0.2) is 12.1 Å². The zero-order valence-corrected chi connectivity index (χ0v) is 10.9. The second kappa shape index (κ2) is 6.30. The molecule has 0 aliphatic carbocycles. The lowest BCUT2D eigenvalue weighted by molar-refractivity contribution is -0.385. The van der Waals surface area contributed by atoms with E-state index in [1.807, 2.05) is 13.8 Å². The molecule has 100 valence electrons. The Labute approximate surface area is 106 Å². The van der Waals surface area contributed by atoms with Crippen molar-refractivity contribution >= 4 is 11.5 Å². The Morgan fingerprint density at radius 1 is 1.56 bits per heavy atom. The van der Waals surface area contributed by atoms with E-state index < -0.39 is 4.92 Å². The van der Waals surface area contributed by atoms with Crippen molar-refractivity contribution in [3.05, 3.63) is 27.9 Å². The number of aromatic nitrogens is 1. The molecule has 0 bridgehead atoms. The summed E-state index contributed by atoms with van der Waals surface area (Å²) in [6.45, 7) is 5.68. The maximum absolute atomic E-state index is 10.7. The van der Waals surface area contributed by atoms with Crippen LogP contribution in [0.2, 0.25) is 0 Å². The standard InChI is InChI=1S/C12H19N3O3/c1-4-8(2)10(7-16)14-12-6-5-11(15(17)18)9(3)13-12/h5-6,8,10,16H,4,7H2,1-3H3,(H,13,14)/t8-,10+/m1/s1. The van der Waals surface area contributed by atoms with E-state index in [1.165, 1.54) is 6.07 Å². The number of aryl methyl sites for hydroxylation is 1. The highest BCUT2D eigenvalue weighted by atomic mass is 16.6. The summed E-state index contributed by atoms with van der Waals surface area (Å²) in [6.07, 6.45) is 0.935. The van der Waals surface area contributed by atoms with Gasteiger partial charge in [-0.25, -0.2) is 4.98 Å². The van der Waals surface area contributed by atoms with Crippen molar-refractivity contribution in [1.82, 2.24) is 4.98 Å². The molecule has 1 aromatic heterocycles. The van der Waals surface area contributed by atoms with Gasteiger partial charge in [-0.2, -0.15) is 0 Å². The van der Waals surface area contributed by atoms with E-state index in [9.17, 15) is 15.2 Å². The topological polar surface area (TPSA) is 88.3 Å². The summed E-state index contributed by atoms with van der Waals surface area (Å²) in [5, 5.41) is 23.1. The van der Waals surface area contributed by atoms with E-state index >= 15 is 0 Å². The summed E-state index contributed by atoms with van der Waals surface area (Å²) in [7, 11) is 0. The first-order valence-corrected chi connectivity index (χ1v) is 5.99. The zero-order chi connectivity index (χ0) is 13.7. The number of hydrogen-bond acceptors (Lipinski definition) is 5. The molecule has 6 heteroatoms. The van der Waals surface area contributed by atoms with Gasteiger partial charge >= 0.3 is 0 Å². The molecule has 18 heavy (non-hydrogen) atoms. The minimum absolute atomic E-state index is 0.00429. The summed E-state index contributed by atoms with van der Waals surface area (Å²) >= 11 is 0. The van der Waals surface area contributed by atoms with E-state index in [-0.39, 0.29) is 18.3 Å². The molecule has 1 heterocycles. The monoisotopic (exact) mass is 253 g/mol. The predicted octanol–water partition coefficient (Wildman–Crippen LogP) is 2.12. The highest BCUT2D eigenvalue weighted by Gasteiger charge is 2.17. The van der Waals surface area contributed by atoms with Gasteiger partial charge in [-0.3, -0.25) is 10.1 Å². The highest BCUT2D eigenvalue weighted by Crippen LogP contribution is 2.19. The molecule has 0 aromatic carbocycles. The number of nitrogens with one attached hydrogen (secondary N) is 1. The molecular formula is C12H19N3O3. The van der Waals surface area contributed by atoms with Crippen molar-refractivity contribution < 1.29 is 10.0 Å². The Bertz CT molecular complexity index is 423. The molecule has 0 spiro atoms. The van der Waals surface area contributed by atoms with E-state index in [1.54, 1.807) is 13.0 Å². The van der Waals surface area contributed by atoms with Gasteiger partial charge in [-0.1, -0.05) is 20.3 Å². The number of nitro groups is 1. The number of aliphatic hydroxyl groups excluding tert-OH is 1. The van der Waals surface area contributed by atoms with E-state index in [2.05, 4.69) is 10.3 Å². The highest BCUT2D eigenvalue weighted by molar-refractivity contribution is 5.45. The number of rotatable bonds is 6. The lowest BCUT2D eigenvalue weighted by Crippen LogP contribution is -2.31. The Morgan fingerprint density at radius 3 is 2.67 bits per heavy atom. The number of hydrogen-bond donors (Lipinski definition) is 2. The average Bonchev–Trinajstić information content (AvgIpc) is 2.34. The molecule has 0 fully saturated rings. The fourth-order valence-corrected chi connectivity index (χ4v) is 1.67.